The number of carbonyl (C=O) groups is 2. The van der Waals surface area contributed by atoms with E-state index in [-0.39, 0.29) is 95.2 Å². The Balaban J connectivity index is -0.0000000344. The maximum Gasteiger partial charge on any atom is 0.245 e. The molecule has 2 radical (unpaired) electrons. The topological polar surface area (TPSA) is 88.5 Å². The molecular weight excluding hydrogens is 517 g/mol. The number of aliphatic carboxylic acids is 1. The van der Waals surface area contributed by atoms with Crippen LogP contribution in [0.1, 0.15) is 20.8 Å². The molecule has 0 aromatic carbocycles. The van der Waals surface area contributed by atoms with Gasteiger partial charge in [-0.2, -0.15) is 18.2 Å². The van der Waals surface area contributed by atoms with Crippen molar-refractivity contribution in [1.82, 2.24) is 0 Å². The fourth-order valence-corrected chi connectivity index (χ4v) is 0.257. The van der Waals surface area contributed by atoms with E-state index in [1.165, 1.54) is 19.5 Å². The molecule has 0 fully saturated rings. The van der Waals surface area contributed by atoms with Crippen LogP contribution in [-0.2, 0) is 84.6 Å². The van der Waals surface area contributed by atoms with E-state index >= 15 is 0 Å². The van der Waals surface area contributed by atoms with Gasteiger partial charge < -0.3 is 19.5 Å². The molecule has 5 nitrogen and oxygen atoms in total. The van der Waals surface area contributed by atoms with Gasteiger partial charge >= 0.3 is 0 Å². The molecule has 8 heteroatoms. The molecule has 0 heterocycles. The third-order valence-corrected chi connectivity index (χ3v) is 0.680. The second kappa shape index (κ2) is 36.4. The zero-order valence-corrected chi connectivity index (χ0v) is 19.0. The Morgan fingerprint density at radius 3 is 1.37 bits per heavy atom. The molecule has 0 bridgehead atoms. The van der Waals surface area contributed by atoms with Crippen molar-refractivity contribution in [1.29, 1.82) is 0 Å². The molecule has 19 heavy (non-hydrogen) atoms. The van der Waals surface area contributed by atoms with Crippen LogP contribution in [0.4, 0.5) is 0 Å². The van der Waals surface area contributed by atoms with Gasteiger partial charge in [-0.3, -0.25) is 4.79 Å². The number of carbonyl (C=O) groups excluding carboxylic acids is 3. The van der Waals surface area contributed by atoms with E-state index in [4.69, 9.17) is 5.11 Å². The summed E-state index contributed by atoms with van der Waals surface area (Å²) in [5.41, 5.74) is 0. The van der Waals surface area contributed by atoms with E-state index in [1.807, 2.05) is 13.8 Å². The number of carboxylic acids is 1. The summed E-state index contributed by atoms with van der Waals surface area (Å²) >= 11 is 0. The van der Waals surface area contributed by atoms with Gasteiger partial charge in [-0.1, -0.05) is 13.8 Å². The van der Waals surface area contributed by atoms with Gasteiger partial charge in [0.1, 0.15) is 0 Å². The van der Waals surface area contributed by atoms with Crippen LogP contribution in [0.25, 0.3) is 0 Å². The minimum absolute atomic E-state index is 0. The maximum atomic E-state index is 9.94. The van der Waals surface area contributed by atoms with E-state index in [0.29, 0.717) is 6.08 Å². The largest absolute Gasteiger partial charge is 0.491 e. The number of ketones is 1. The molecule has 0 aliphatic heterocycles. The van der Waals surface area contributed by atoms with Crippen molar-refractivity contribution >= 4 is 48.3 Å². The van der Waals surface area contributed by atoms with Crippen LogP contribution in [0.2, 0.25) is 0 Å². The Kier molecular flexibility index (Phi) is 70.5. The van der Waals surface area contributed by atoms with E-state index in [2.05, 4.69) is 0 Å². The number of rotatable bonds is 4. The van der Waals surface area contributed by atoms with Crippen molar-refractivity contribution in [2.24, 2.45) is 0 Å². The minimum atomic E-state index is -1.14. The van der Waals surface area contributed by atoms with Crippen LogP contribution in [-0.4, -0.2) is 29.4 Å². The standard InChI is InChI=1S/C5H5O2.C4H3O3.C2H6.HI.2Y/c1-5(7)3-2-4-6;5-3-1-2-4(6)7;1-2;;;/h2-3H,1H3;1-2H,(H,6,7);1-2H3;1H;;/q2*-1;;;;/b3-2+;2-1+;;;;. The van der Waals surface area contributed by atoms with Crippen molar-refractivity contribution in [3.63, 3.8) is 0 Å². The summed E-state index contributed by atoms with van der Waals surface area (Å²) in [6, 6.07) is 0. The second-order valence-corrected chi connectivity index (χ2v) is 1.85. The number of carboxylic acid groups (broad SMARTS) is 1. The summed E-state index contributed by atoms with van der Waals surface area (Å²) in [5.74, 6) is -1.27. The number of allylic oxidation sites excluding steroid dienone is 3. The molecule has 0 rings (SSSR count). The number of halogens is 1. The smallest absolute Gasteiger partial charge is 0.245 e. The molecule has 0 aliphatic rings. The molecule has 0 unspecified atom stereocenters. The first kappa shape index (κ1) is 36.8. The summed E-state index contributed by atoms with van der Waals surface area (Å²) in [6.45, 7) is 5.37. The van der Waals surface area contributed by atoms with Gasteiger partial charge in [0.25, 0.3) is 0 Å². The maximum absolute atomic E-state index is 9.94. The third-order valence-electron chi connectivity index (χ3n) is 0.680. The van der Waals surface area contributed by atoms with Crippen molar-refractivity contribution in [2.75, 3.05) is 0 Å². The number of hydrogen-bond acceptors (Lipinski definition) is 4. The van der Waals surface area contributed by atoms with Gasteiger partial charge in [0.2, 0.25) is 5.97 Å². The third kappa shape index (κ3) is 68.2. The van der Waals surface area contributed by atoms with Gasteiger partial charge in [-0.25, -0.2) is 0 Å². The average molecular weight is 532 g/mol. The monoisotopic (exact) mass is 532 g/mol. The van der Waals surface area contributed by atoms with Crippen LogP contribution in [0.15, 0.2) is 24.3 Å². The summed E-state index contributed by atoms with van der Waals surface area (Å²) in [5, 5.41) is 7.78. The molecule has 0 saturated carbocycles. The molecule has 0 aliphatic carbocycles. The molecule has 0 saturated heterocycles. The first-order valence-electron chi connectivity index (χ1n) is 4.36. The van der Waals surface area contributed by atoms with E-state index in [9.17, 15) is 19.2 Å². The van der Waals surface area contributed by atoms with Gasteiger partial charge in [0.15, 0.2) is 0 Å². The Labute approximate surface area is 180 Å². The molecular formula is C11H15IO5Y2-2. The van der Waals surface area contributed by atoms with E-state index in [1.54, 1.807) is 0 Å². The molecule has 0 aromatic heterocycles. The zero-order chi connectivity index (χ0) is 13.4. The first-order valence-corrected chi connectivity index (χ1v) is 4.36. The predicted molar refractivity (Wildman–Crippen MR) is 74.7 cm³/mol. The Hall–Kier alpha value is 0.898. The van der Waals surface area contributed by atoms with E-state index in [0.717, 1.165) is 18.2 Å². The van der Waals surface area contributed by atoms with Gasteiger partial charge in [0.05, 0.1) is 5.78 Å². The summed E-state index contributed by atoms with van der Waals surface area (Å²) in [6.07, 6.45) is 6.45. The van der Waals surface area contributed by atoms with Crippen molar-refractivity contribution in [3.05, 3.63) is 24.3 Å². The molecule has 0 atom stereocenters. The van der Waals surface area contributed by atoms with Crippen LogP contribution < -0.4 is 0 Å². The van der Waals surface area contributed by atoms with Crippen molar-refractivity contribution < 1.29 is 89.7 Å². The van der Waals surface area contributed by atoms with Crippen LogP contribution >= 0.6 is 24.0 Å². The fourth-order valence-electron chi connectivity index (χ4n) is 0.257. The molecule has 1 N–H and O–H groups in total. The molecule has 104 valence electrons. The second-order valence-electron chi connectivity index (χ2n) is 1.85. The van der Waals surface area contributed by atoms with Gasteiger partial charge in [-0.05, 0) is 19.5 Å². The Morgan fingerprint density at radius 2 is 1.26 bits per heavy atom. The van der Waals surface area contributed by atoms with Crippen molar-refractivity contribution in [2.45, 2.75) is 20.8 Å². The summed E-state index contributed by atoms with van der Waals surface area (Å²) in [4.78, 5) is 38.0. The minimum Gasteiger partial charge on any atom is -0.491 e. The van der Waals surface area contributed by atoms with Crippen LogP contribution in [0.3, 0.4) is 0 Å². The normalized spacial score (nSPS) is 7.11. The van der Waals surface area contributed by atoms with Crippen LogP contribution in [0.5, 0.6) is 0 Å². The Bertz CT molecular complexity index is 250. The number of hydrogen-bond donors (Lipinski definition) is 1. The fraction of sp³-hybridized carbons (Fsp3) is 0.273. The molecule has 0 amide bonds. The average Bonchev–Trinajstić information content (AvgIpc) is 2.27. The molecule has 0 spiro atoms. The Morgan fingerprint density at radius 1 is 0.947 bits per heavy atom. The predicted octanol–water partition coefficient (Wildman–Crippen LogP) is 1.62. The summed E-state index contributed by atoms with van der Waals surface area (Å²) in [7, 11) is 0. The van der Waals surface area contributed by atoms with Crippen LogP contribution in [0, 0.1) is 0 Å². The van der Waals surface area contributed by atoms with E-state index < -0.39 is 5.97 Å². The summed E-state index contributed by atoms with van der Waals surface area (Å²) < 4.78 is 0. The quantitative estimate of drug-likeness (QED) is 0.338. The zero-order valence-electron chi connectivity index (χ0n) is 11.0. The molecule has 0 aromatic rings. The van der Waals surface area contributed by atoms with Gasteiger partial charge in [-0.15, -0.1) is 30.1 Å². The van der Waals surface area contributed by atoms with Crippen molar-refractivity contribution in [3.8, 4) is 0 Å². The first-order chi connectivity index (χ1) is 7.54. The SMILES string of the molecule is CC.CC(=O)/C=C/[C-]=O.I.O=[C-]/C=C/C(=O)O.[Y].[Y]. The van der Waals surface area contributed by atoms with Gasteiger partial charge in [0, 0.05) is 65.4 Å².